The van der Waals surface area contributed by atoms with E-state index < -0.39 is 0 Å². The maximum atomic E-state index is 13.2. The second kappa shape index (κ2) is 11.8. The molecule has 7 nitrogen and oxygen atoms in total. The Morgan fingerprint density at radius 3 is 2.84 bits per heavy atom. The summed E-state index contributed by atoms with van der Waals surface area (Å²) in [6.07, 6.45) is 4.58. The number of hydrogen-bond donors (Lipinski definition) is 1. The summed E-state index contributed by atoms with van der Waals surface area (Å²) in [5.41, 5.74) is 6.68. The lowest BCUT2D eigenvalue weighted by Gasteiger charge is -2.11. The second-order valence-corrected chi connectivity index (χ2v) is 9.39. The van der Waals surface area contributed by atoms with Gasteiger partial charge in [-0.2, -0.15) is 5.10 Å². The van der Waals surface area contributed by atoms with Gasteiger partial charge in [-0.1, -0.05) is 56.7 Å². The van der Waals surface area contributed by atoms with Gasteiger partial charge in [0.1, 0.15) is 5.75 Å². The second-order valence-electron chi connectivity index (χ2n) is 9.39. The van der Waals surface area contributed by atoms with Crippen LogP contribution in [0.5, 0.6) is 17.2 Å². The topological polar surface area (TPSA) is 82.0 Å². The molecule has 1 N–H and O–H groups in total. The van der Waals surface area contributed by atoms with Crippen LogP contribution in [0.1, 0.15) is 42.6 Å². The number of fused-ring (bicyclic) bond motifs is 2. The fourth-order valence-corrected chi connectivity index (χ4v) is 4.37. The number of nitrogens with one attached hydrogen (secondary N) is 1. The van der Waals surface area contributed by atoms with Crippen LogP contribution in [0.25, 0.3) is 22.2 Å². The first-order valence-electron chi connectivity index (χ1n) is 13.0. The molecule has 7 heteroatoms. The molecule has 0 saturated heterocycles. The minimum Gasteiger partial charge on any atom is -0.494 e. The molecule has 0 aliphatic carbocycles. The Bertz CT molecular complexity index is 1470. The van der Waals surface area contributed by atoms with Crippen molar-refractivity contribution in [3.8, 4) is 28.5 Å². The van der Waals surface area contributed by atoms with Gasteiger partial charge in [0.05, 0.1) is 23.4 Å². The Morgan fingerprint density at radius 1 is 1.08 bits per heavy atom. The zero-order chi connectivity index (χ0) is 26.3. The summed E-state index contributed by atoms with van der Waals surface area (Å²) in [7, 11) is 0. The molecule has 0 fully saturated rings. The molecule has 1 aromatic heterocycles. The molecule has 1 amide bonds. The monoisotopic (exact) mass is 509 g/mol. The molecule has 194 valence electrons. The summed E-state index contributed by atoms with van der Waals surface area (Å²) in [5, 5.41) is 5.03. The normalized spacial score (nSPS) is 13.1. The molecule has 3 aromatic carbocycles. The van der Waals surface area contributed by atoms with Gasteiger partial charge >= 0.3 is 0 Å². The van der Waals surface area contributed by atoms with Gasteiger partial charge in [0.2, 0.25) is 6.79 Å². The first-order valence-corrected chi connectivity index (χ1v) is 13.0. The zero-order valence-corrected chi connectivity index (χ0v) is 21.6. The van der Waals surface area contributed by atoms with E-state index in [0.29, 0.717) is 17.9 Å². The molecule has 2 heterocycles. The van der Waals surface area contributed by atoms with Crippen molar-refractivity contribution in [1.29, 1.82) is 0 Å². The van der Waals surface area contributed by atoms with Gasteiger partial charge in [-0.05, 0) is 60.7 Å². The van der Waals surface area contributed by atoms with Gasteiger partial charge in [-0.25, -0.2) is 10.4 Å². The largest absolute Gasteiger partial charge is 0.494 e. The van der Waals surface area contributed by atoms with Crippen LogP contribution in [-0.4, -0.2) is 30.5 Å². The molecule has 1 aliphatic rings. The van der Waals surface area contributed by atoms with Crippen LogP contribution in [0, 0.1) is 5.92 Å². The predicted molar refractivity (Wildman–Crippen MR) is 149 cm³/mol. The van der Waals surface area contributed by atoms with Crippen molar-refractivity contribution in [2.24, 2.45) is 11.0 Å². The van der Waals surface area contributed by atoms with Crippen molar-refractivity contribution in [2.45, 2.75) is 33.1 Å². The molecule has 0 radical (unpaired) electrons. The molecular weight excluding hydrogens is 478 g/mol. The van der Waals surface area contributed by atoms with Crippen LogP contribution < -0.4 is 19.6 Å². The number of carbonyl (C=O) groups is 1. The van der Waals surface area contributed by atoms with E-state index in [0.717, 1.165) is 58.5 Å². The highest BCUT2D eigenvalue weighted by Gasteiger charge is 2.15. The number of amides is 1. The number of nitrogens with zero attached hydrogens (tertiary/aromatic N) is 2. The molecule has 0 bridgehead atoms. The van der Waals surface area contributed by atoms with Crippen LogP contribution in [-0.2, 0) is 6.42 Å². The van der Waals surface area contributed by atoms with Crippen molar-refractivity contribution in [3.63, 3.8) is 0 Å². The molecule has 0 spiro atoms. The van der Waals surface area contributed by atoms with Gasteiger partial charge in [0, 0.05) is 17.2 Å². The van der Waals surface area contributed by atoms with E-state index in [1.807, 2.05) is 72.8 Å². The van der Waals surface area contributed by atoms with Crippen LogP contribution in [0.2, 0.25) is 0 Å². The van der Waals surface area contributed by atoms with Crippen molar-refractivity contribution in [2.75, 3.05) is 13.4 Å². The van der Waals surface area contributed by atoms with Crippen molar-refractivity contribution in [3.05, 3.63) is 83.9 Å². The number of carbonyl (C=O) groups excluding carboxylic acids is 1. The minimum absolute atomic E-state index is 0.107. The smallest absolute Gasteiger partial charge is 0.272 e. The van der Waals surface area contributed by atoms with E-state index in [1.165, 1.54) is 0 Å². The third-order valence-electron chi connectivity index (χ3n) is 6.35. The number of hydrogen-bond acceptors (Lipinski definition) is 6. The molecular formula is C31H31N3O4. The summed E-state index contributed by atoms with van der Waals surface area (Å²) in [4.78, 5) is 18.1. The number of benzene rings is 3. The van der Waals surface area contributed by atoms with E-state index in [2.05, 4.69) is 24.4 Å². The van der Waals surface area contributed by atoms with Crippen LogP contribution in [0.15, 0.2) is 77.9 Å². The summed E-state index contributed by atoms with van der Waals surface area (Å²) < 4.78 is 16.7. The van der Waals surface area contributed by atoms with E-state index in [9.17, 15) is 4.79 Å². The lowest BCUT2D eigenvalue weighted by atomic mass is 10.0. The molecule has 5 rings (SSSR count). The number of para-hydroxylation sites is 1. The quantitative estimate of drug-likeness (QED) is 0.152. The Kier molecular flexibility index (Phi) is 7.83. The van der Waals surface area contributed by atoms with Crippen LogP contribution in [0.3, 0.4) is 0 Å². The highest BCUT2D eigenvalue weighted by molar-refractivity contribution is 6.07. The van der Waals surface area contributed by atoms with Crippen LogP contribution in [0.4, 0.5) is 0 Å². The summed E-state index contributed by atoms with van der Waals surface area (Å²) in [6.45, 7) is 5.11. The Balaban J connectivity index is 1.31. The average molecular weight is 510 g/mol. The third-order valence-corrected chi connectivity index (χ3v) is 6.35. The van der Waals surface area contributed by atoms with E-state index in [4.69, 9.17) is 19.2 Å². The molecule has 0 unspecified atom stereocenters. The molecule has 38 heavy (non-hydrogen) atoms. The lowest BCUT2D eigenvalue weighted by Crippen LogP contribution is -2.19. The molecule has 1 aliphatic heterocycles. The van der Waals surface area contributed by atoms with Crippen molar-refractivity contribution in [1.82, 2.24) is 10.4 Å². The SMILES string of the molecule is CCCCOc1cccc(-c2cc(C(=O)NN=C[C@H](C)Cc3ccc4c(c3)OCO4)c3ccccc3n2)c1. The van der Waals surface area contributed by atoms with Crippen molar-refractivity contribution >= 4 is 23.0 Å². The first kappa shape index (κ1) is 25.3. The van der Waals surface area contributed by atoms with E-state index >= 15 is 0 Å². The number of aromatic nitrogens is 1. The van der Waals surface area contributed by atoms with Gasteiger partial charge in [-0.15, -0.1) is 0 Å². The van der Waals surface area contributed by atoms with Gasteiger partial charge in [0.25, 0.3) is 5.91 Å². The summed E-state index contributed by atoms with van der Waals surface area (Å²) >= 11 is 0. The predicted octanol–water partition coefficient (Wildman–Crippen LogP) is 6.40. The number of unbranched alkanes of at least 4 members (excludes halogenated alkanes) is 1. The molecule has 4 aromatic rings. The number of hydrazone groups is 1. The third kappa shape index (κ3) is 5.94. The average Bonchev–Trinajstić information content (AvgIpc) is 3.41. The van der Waals surface area contributed by atoms with Gasteiger partial charge in [0.15, 0.2) is 11.5 Å². The van der Waals surface area contributed by atoms with Gasteiger partial charge in [-0.3, -0.25) is 4.79 Å². The maximum absolute atomic E-state index is 13.2. The standard InChI is InChI=1S/C31H31N3O4/c1-3-4-14-36-24-9-7-8-23(17-24)28-18-26(25-10-5-6-11-27(25)33-28)31(35)34-32-19-21(2)15-22-12-13-29-30(16-22)38-20-37-29/h5-13,16-19,21H,3-4,14-15,20H2,1-2H3,(H,34,35)/t21-/m1/s1. The fraction of sp³-hybridized carbons (Fsp3) is 0.258. The fourth-order valence-electron chi connectivity index (χ4n) is 4.37. The highest BCUT2D eigenvalue weighted by atomic mass is 16.7. The summed E-state index contributed by atoms with van der Waals surface area (Å²) in [5.74, 6) is 2.14. The Hall–Kier alpha value is -4.39. The lowest BCUT2D eigenvalue weighted by molar-refractivity contribution is 0.0956. The zero-order valence-electron chi connectivity index (χ0n) is 21.6. The minimum atomic E-state index is -0.285. The number of pyridine rings is 1. The molecule has 0 saturated carbocycles. The number of rotatable bonds is 10. The Morgan fingerprint density at radius 2 is 1.95 bits per heavy atom. The number of ether oxygens (including phenoxy) is 3. The maximum Gasteiger partial charge on any atom is 0.272 e. The van der Waals surface area contributed by atoms with Crippen molar-refractivity contribution < 1.29 is 19.0 Å². The highest BCUT2D eigenvalue weighted by Crippen LogP contribution is 2.33. The Labute approximate surface area is 222 Å². The van der Waals surface area contributed by atoms with Gasteiger partial charge < -0.3 is 14.2 Å². The van der Waals surface area contributed by atoms with Crippen LogP contribution >= 0.6 is 0 Å². The summed E-state index contributed by atoms with van der Waals surface area (Å²) in [6, 6.07) is 23.2. The van der Waals surface area contributed by atoms with E-state index in [-0.39, 0.29) is 18.6 Å². The molecule has 1 atom stereocenters. The van der Waals surface area contributed by atoms with E-state index in [1.54, 1.807) is 6.21 Å². The first-order chi connectivity index (χ1) is 18.6.